The lowest BCUT2D eigenvalue weighted by atomic mass is 9.93. The number of nitrogens with one attached hydrogen (secondary N) is 1. The predicted octanol–water partition coefficient (Wildman–Crippen LogP) is 3.36. The van der Waals surface area contributed by atoms with Gasteiger partial charge in [0.2, 0.25) is 0 Å². The van der Waals surface area contributed by atoms with Crippen molar-refractivity contribution in [2.24, 2.45) is 5.92 Å². The van der Waals surface area contributed by atoms with Crippen molar-refractivity contribution in [3.63, 3.8) is 0 Å². The molecule has 1 aliphatic rings. The molecule has 0 bridgehead atoms. The van der Waals surface area contributed by atoms with E-state index in [1.165, 1.54) is 24.1 Å². The van der Waals surface area contributed by atoms with Gasteiger partial charge in [-0.3, -0.25) is 5.32 Å². The fourth-order valence-electron chi connectivity index (χ4n) is 2.87. The van der Waals surface area contributed by atoms with E-state index < -0.39 is 5.54 Å². The van der Waals surface area contributed by atoms with Crippen molar-refractivity contribution in [1.82, 2.24) is 5.32 Å². The zero-order chi connectivity index (χ0) is 15.3. The molecule has 0 radical (unpaired) electrons. The van der Waals surface area contributed by atoms with Crippen LogP contribution in [0.3, 0.4) is 0 Å². The summed E-state index contributed by atoms with van der Waals surface area (Å²) in [6.45, 7) is 5.97. The molecule has 1 aromatic carbocycles. The van der Waals surface area contributed by atoms with Gasteiger partial charge >= 0.3 is 0 Å². The van der Waals surface area contributed by atoms with Gasteiger partial charge in [-0.1, -0.05) is 26.0 Å². The van der Waals surface area contributed by atoms with Crippen molar-refractivity contribution in [3.8, 4) is 6.07 Å². The molecular weight excluding hydrogens is 258 g/mol. The van der Waals surface area contributed by atoms with Crippen LogP contribution in [0.2, 0.25) is 0 Å². The number of hydrogen-bond acceptors (Lipinski definition) is 3. The minimum atomic E-state index is -0.395. The highest BCUT2D eigenvalue weighted by atomic mass is 15.2. The molecule has 0 heterocycles. The van der Waals surface area contributed by atoms with Crippen LogP contribution in [-0.4, -0.2) is 25.7 Å². The number of likely N-dealkylation sites (N-methyl/N-ethyl adjacent to an activating group) is 1. The monoisotopic (exact) mass is 285 g/mol. The highest BCUT2D eigenvalue weighted by Gasteiger charge is 2.46. The Hall–Kier alpha value is -1.53. The van der Waals surface area contributed by atoms with Crippen molar-refractivity contribution < 1.29 is 0 Å². The van der Waals surface area contributed by atoms with Crippen molar-refractivity contribution in [1.29, 1.82) is 5.26 Å². The van der Waals surface area contributed by atoms with Crippen molar-refractivity contribution in [2.75, 3.05) is 25.0 Å². The van der Waals surface area contributed by atoms with Gasteiger partial charge in [-0.05, 0) is 55.8 Å². The van der Waals surface area contributed by atoms with Gasteiger partial charge in [-0.25, -0.2) is 0 Å². The van der Waals surface area contributed by atoms with Crippen LogP contribution in [-0.2, 0) is 6.42 Å². The lowest BCUT2D eigenvalue weighted by Crippen LogP contribution is -2.54. The molecule has 21 heavy (non-hydrogen) atoms. The third kappa shape index (κ3) is 3.77. The normalized spacial score (nSPS) is 17.0. The Labute approximate surface area is 129 Å². The highest BCUT2D eigenvalue weighted by Crippen LogP contribution is 2.40. The average Bonchev–Trinajstić information content (AvgIpc) is 3.36. The second-order valence-corrected chi connectivity index (χ2v) is 6.16. The van der Waals surface area contributed by atoms with Gasteiger partial charge in [0.1, 0.15) is 5.54 Å². The third-order valence-electron chi connectivity index (χ3n) is 4.44. The molecule has 1 atom stereocenters. The van der Waals surface area contributed by atoms with Crippen LogP contribution in [0.25, 0.3) is 0 Å². The van der Waals surface area contributed by atoms with Gasteiger partial charge in [0.25, 0.3) is 0 Å². The van der Waals surface area contributed by atoms with E-state index in [2.05, 4.69) is 61.4 Å². The Morgan fingerprint density at radius 3 is 2.43 bits per heavy atom. The summed E-state index contributed by atoms with van der Waals surface area (Å²) >= 11 is 0. The van der Waals surface area contributed by atoms with E-state index in [1.54, 1.807) is 0 Å². The molecule has 0 spiro atoms. The lowest BCUT2D eigenvalue weighted by molar-refractivity contribution is 0.369. The van der Waals surface area contributed by atoms with Crippen molar-refractivity contribution in [2.45, 2.75) is 45.1 Å². The Morgan fingerprint density at radius 1 is 1.29 bits per heavy atom. The molecule has 1 aliphatic carbocycles. The van der Waals surface area contributed by atoms with Crippen molar-refractivity contribution >= 4 is 5.69 Å². The van der Waals surface area contributed by atoms with Crippen LogP contribution >= 0.6 is 0 Å². The Balaban J connectivity index is 2.09. The largest absolute Gasteiger partial charge is 0.372 e. The maximum Gasteiger partial charge on any atom is 0.127 e. The Kier molecular flexibility index (Phi) is 5.25. The molecular formula is C18H27N3. The molecule has 0 aromatic heterocycles. The van der Waals surface area contributed by atoms with E-state index in [1.807, 2.05) is 0 Å². The maximum atomic E-state index is 9.75. The zero-order valence-corrected chi connectivity index (χ0v) is 13.5. The number of hydrogen-bond donors (Lipinski definition) is 1. The number of benzene rings is 1. The molecule has 0 aliphatic heterocycles. The smallest absolute Gasteiger partial charge is 0.127 e. The Morgan fingerprint density at radius 2 is 1.95 bits per heavy atom. The van der Waals surface area contributed by atoms with Crippen LogP contribution in [0, 0.1) is 17.2 Å². The van der Waals surface area contributed by atoms with Gasteiger partial charge in [-0.15, -0.1) is 0 Å². The summed E-state index contributed by atoms with van der Waals surface area (Å²) in [5.41, 5.74) is 2.14. The number of nitriles is 1. The summed E-state index contributed by atoms with van der Waals surface area (Å²) in [6, 6.07) is 11.3. The van der Waals surface area contributed by atoms with Crippen LogP contribution in [0.1, 0.15) is 38.7 Å². The molecule has 1 saturated carbocycles. The highest BCUT2D eigenvalue weighted by molar-refractivity contribution is 5.48. The van der Waals surface area contributed by atoms with Gasteiger partial charge in [-0.2, -0.15) is 5.26 Å². The molecule has 2 rings (SSSR count). The Bertz CT molecular complexity index is 484. The van der Waals surface area contributed by atoms with E-state index in [9.17, 15) is 5.26 Å². The standard InChI is InChI=1S/C18H27N3/c1-4-12-20-18(13-19,16-8-9-16)14-21(3)17-10-6-15(5-2)7-11-17/h6-7,10-11,16,20H,4-5,8-9,12,14H2,1-3H3. The molecule has 1 aromatic rings. The minimum Gasteiger partial charge on any atom is -0.372 e. The number of rotatable bonds is 8. The van der Waals surface area contributed by atoms with E-state index in [0.29, 0.717) is 5.92 Å². The molecule has 1 unspecified atom stereocenters. The van der Waals surface area contributed by atoms with Gasteiger partial charge < -0.3 is 4.90 Å². The average molecular weight is 285 g/mol. The summed E-state index contributed by atoms with van der Waals surface area (Å²) in [5.74, 6) is 0.506. The topological polar surface area (TPSA) is 39.1 Å². The summed E-state index contributed by atoms with van der Waals surface area (Å²) in [7, 11) is 2.09. The van der Waals surface area contributed by atoms with Crippen molar-refractivity contribution in [3.05, 3.63) is 29.8 Å². The fraction of sp³-hybridized carbons (Fsp3) is 0.611. The zero-order valence-electron chi connectivity index (χ0n) is 13.5. The molecule has 0 saturated heterocycles. The quantitative estimate of drug-likeness (QED) is 0.796. The first-order chi connectivity index (χ1) is 10.1. The summed E-state index contributed by atoms with van der Waals surface area (Å²) in [5, 5.41) is 13.3. The number of aryl methyl sites for hydroxylation is 1. The van der Waals surface area contributed by atoms with E-state index in [-0.39, 0.29) is 0 Å². The molecule has 3 heteroatoms. The number of nitrogens with zero attached hydrogens (tertiary/aromatic N) is 2. The minimum absolute atomic E-state index is 0.395. The maximum absolute atomic E-state index is 9.75. The fourth-order valence-corrected chi connectivity index (χ4v) is 2.87. The lowest BCUT2D eigenvalue weighted by Gasteiger charge is -2.33. The first kappa shape index (κ1) is 15.9. The van der Waals surface area contributed by atoms with Crippen LogP contribution in [0.5, 0.6) is 0 Å². The van der Waals surface area contributed by atoms with Gasteiger partial charge in [0, 0.05) is 19.3 Å². The summed E-state index contributed by atoms with van der Waals surface area (Å²) in [6.07, 6.45) is 4.47. The summed E-state index contributed by atoms with van der Waals surface area (Å²) < 4.78 is 0. The van der Waals surface area contributed by atoms with Crippen LogP contribution < -0.4 is 10.2 Å². The van der Waals surface area contributed by atoms with Gasteiger partial charge in [0.05, 0.1) is 6.07 Å². The van der Waals surface area contributed by atoms with E-state index in [4.69, 9.17) is 0 Å². The SMILES string of the molecule is CCCNC(C#N)(CN(C)c1ccc(CC)cc1)C1CC1. The second kappa shape index (κ2) is 6.95. The third-order valence-corrected chi connectivity index (χ3v) is 4.44. The molecule has 3 nitrogen and oxygen atoms in total. The van der Waals surface area contributed by atoms with Crippen LogP contribution in [0.15, 0.2) is 24.3 Å². The second-order valence-electron chi connectivity index (χ2n) is 6.16. The molecule has 1 N–H and O–H groups in total. The van der Waals surface area contributed by atoms with E-state index in [0.717, 1.165) is 25.9 Å². The number of anilines is 1. The van der Waals surface area contributed by atoms with E-state index >= 15 is 0 Å². The van der Waals surface area contributed by atoms with Crippen LogP contribution in [0.4, 0.5) is 5.69 Å². The summed E-state index contributed by atoms with van der Waals surface area (Å²) in [4.78, 5) is 2.21. The first-order valence-corrected chi connectivity index (χ1v) is 8.11. The molecule has 1 fully saturated rings. The van der Waals surface area contributed by atoms with Gasteiger partial charge in [0.15, 0.2) is 0 Å². The predicted molar refractivity (Wildman–Crippen MR) is 88.5 cm³/mol. The first-order valence-electron chi connectivity index (χ1n) is 8.11. The molecule has 0 amide bonds. The molecule has 114 valence electrons.